The van der Waals surface area contributed by atoms with Crippen molar-refractivity contribution >= 4 is 23.1 Å². The van der Waals surface area contributed by atoms with Crippen LogP contribution in [0.4, 0.5) is 17.2 Å². The minimum atomic E-state index is -0.242. The van der Waals surface area contributed by atoms with Gasteiger partial charge in [-0.15, -0.1) is 0 Å². The van der Waals surface area contributed by atoms with E-state index in [-0.39, 0.29) is 5.91 Å². The van der Waals surface area contributed by atoms with Crippen molar-refractivity contribution in [2.45, 2.75) is 6.92 Å². The fourth-order valence-electron chi connectivity index (χ4n) is 3.26. The predicted octanol–water partition coefficient (Wildman–Crippen LogP) is 5.47. The molecule has 3 aromatic carbocycles. The molecule has 1 aromatic heterocycles. The van der Waals surface area contributed by atoms with Gasteiger partial charge >= 0.3 is 0 Å². The van der Waals surface area contributed by atoms with Crippen molar-refractivity contribution in [2.24, 2.45) is 0 Å². The van der Waals surface area contributed by atoms with Crippen LogP contribution in [0, 0.1) is 6.92 Å². The second kappa shape index (κ2) is 9.82. The first-order chi connectivity index (χ1) is 16.1. The number of rotatable bonds is 7. The first-order valence-corrected chi connectivity index (χ1v) is 10.4. The zero-order valence-electron chi connectivity index (χ0n) is 18.6. The van der Waals surface area contributed by atoms with Crippen LogP contribution in [-0.4, -0.2) is 30.1 Å². The van der Waals surface area contributed by atoms with Gasteiger partial charge in [0.15, 0.2) is 0 Å². The molecule has 0 radical (unpaired) electrons. The molecule has 2 N–H and O–H groups in total. The molecular weight excluding hydrogens is 416 g/mol. The highest BCUT2D eigenvalue weighted by atomic mass is 16.5. The van der Waals surface area contributed by atoms with Crippen molar-refractivity contribution in [1.29, 1.82) is 0 Å². The summed E-state index contributed by atoms with van der Waals surface area (Å²) in [6.07, 6.45) is 1.53. The molecule has 7 heteroatoms. The van der Waals surface area contributed by atoms with E-state index < -0.39 is 0 Å². The largest absolute Gasteiger partial charge is 0.497 e. The fourth-order valence-corrected chi connectivity index (χ4v) is 3.26. The number of anilines is 3. The first-order valence-electron chi connectivity index (χ1n) is 10.4. The summed E-state index contributed by atoms with van der Waals surface area (Å²) >= 11 is 0. The lowest BCUT2D eigenvalue weighted by atomic mass is 10.1. The Morgan fingerprint density at radius 3 is 2.30 bits per heavy atom. The van der Waals surface area contributed by atoms with Crippen LogP contribution in [0.3, 0.4) is 0 Å². The van der Waals surface area contributed by atoms with Crippen molar-refractivity contribution in [3.63, 3.8) is 0 Å². The number of carbonyl (C=O) groups is 1. The number of carbonyl (C=O) groups excluding carboxylic acids is 1. The first kappa shape index (κ1) is 21.8. The highest BCUT2D eigenvalue weighted by Gasteiger charge is 2.11. The van der Waals surface area contributed by atoms with Crippen LogP contribution in [-0.2, 0) is 0 Å². The van der Waals surface area contributed by atoms with Crippen LogP contribution in [0.2, 0.25) is 0 Å². The smallest absolute Gasteiger partial charge is 0.255 e. The summed E-state index contributed by atoms with van der Waals surface area (Å²) in [5.74, 6) is 1.60. The summed E-state index contributed by atoms with van der Waals surface area (Å²) in [5.41, 5.74) is 4.93. The number of hydrogen-bond acceptors (Lipinski definition) is 6. The number of nitrogens with one attached hydrogen (secondary N) is 2. The molecule has 0 fully saturated rings. The van der Waals surface area contributed by atoms with E-state index in [1.807, 2.05) is 37.3 Å². The van der Waals surface area contributed by atoms with Gasteiger partial charge in [-0.05, 0) is 43.3 Å². The van der Waals surface area contributed by atoms with Gasteiger partial charge in [-0.25, -0.2) is 9.97 Å². The second-order valence-corrected chi connectivity index (χ2v) is 7.38. The van der Waals surface area contributed by atoms with E-state index in [1.54, 1.807) is 44.6 Å². The Labute approximate surface area is 192 Å². The summed E-state index contributed by atoms with van der Waals surface area (Å²) in [5, 5.41) is 6.12. The number of benzene rings is 3. The number of hydrogen-bond donors (Lipinski definition) is 2. The molecular formula is C26H24N4O3. The third-order valence-electron chi connectivity index (χ3n) is 5.09. The Morgan fingerprint density at radius 2 is 1.61 bits per heavy atom. The van der Waals surface area contributed by atoms with Gasteiger partial charge in [0.05, 0.1) is 25.6 Å². The van der Waals surface area contributed by atoms with Crippen LogP contribution >= 0.6 is 0 Å². The zero-order valence-corrected chi connectivity index (χ0v) is 18.6. The Morgan fingerprint density at radius 1 is 0.848 bits per heavy atom. The number of amides is 1. The maximum Gasteiger partial charge on any atom is 0.255 e. The Kier molecular flexibility index (Phi) is 6.50. The van der Waals surface area contributed by atoms with Crippen molar-refractivity contribution < 1.29 is 14.3 Å². The quantitative estimate of drug-likeness (QED) is 0.397. The maximum atomic E-state index is 12.7. The van der Waals surface area contributed by atoms with Gasteiger partial charge in [-0.1, -0.05) is 29.8 Å². The molecule has 4 aromatic rings. The van der Waals surface area contributed by atoms with Crippen molar-refractivity contribution in [3.05, 3.63) is 90.3 Å². The SMILES string of the molecule is COc1ccc(NC(=O)c2ccc(Nc3cc(-c4ccc(C)cc4)ncn3)cc2)c(OC)c1. The Balaban J connectivity index is 1.45. The predicted molar refractivity (Wildman–Crippen MR) is 129 cm³/mol. The molecule has 0 saturated heterocycles. The topological polar surface area (TPSA) is 85.4 Å². The van der Waals surface area contributed by atoms with Gasteiger partial charge in [0.25, 0.3) is 5.91 Å². The third kappa shape index (κ3) is 5.27. The molecule has 0 atom stereocenters. The molecule has 1 heterocycles. The number of methoxy groups -OCH3 is 2. The summed E-state index contributed by atoms with van der Waals surface area (Å²) in [7, 11) is 3.12. The minimum Gasteiger partial charge on any atom is -0.497 e. The lowest BCUT2D eigenvalue weighted by Gasteiger charge is -2.12. The normalized spacial score (nSPS) is 10.4. The van der Waals surface area contributed by atoms with E-state index in [1.165, 1.54) is 11.9 Å². The molecule has 0 spiro atoms. The number of nitrogens with zero attached hydrogens (tertiary/aromatic N) is 2. The monoisotopic (exact) mass is 440 g/mol. The summed E-state index contributed by atoms with van der Waals surface area (Å²) in [6.45, 7) is 2.05. The highest BCUT2D eigenvalue weighted by molar-refractivity contribution is 6.05. The molecule has 4 rings (SSSR count). The average molecular weight is 441 g/mol. The lowest BCUT2D eigenvalue weighted by Crippen LogP contribution is -2.12. The van der Waals surface area contributed by atoms with Gasteiger partial charge in [0, 0.05) is 28.9 Å². The zero-order chi connectivity index (χ0) is 23.2. The minimum absolute atomic E-state index is 0.242. The maximum absolute atomic E-state index is 12.7. The molecule has 33 heavy (non-hydrogen) atoms. The average Bonchev–Trinajstić information content (AvgIpc) is 2.85. The Bertz CT molecular complexity index is 1260. The van der Waals surface area contributed by atoms with E-state index >= 15 is 0 Å². The van der Waals surface area contributed by atoms with Crippen molar-refractivity contribution in [1.82, 2.24) is 9.97 Å². The molecule has 0 bridgehead atoms. The molecule has 0 aliphatic rings. The van der Waals surface area contributed by atoms with Crippen LogP contribution in [0.25, 0.3) is 11.3 Å². The fraction of sp³-hybridized carbons (Fsp3) is 0.115. The Hall–Kier alpha value is -4.39. The van der Waals surface area contributed by atoms with E-state index in [9.17, 15) is 4.79 Å². The number of aryl methyl sites for hydroxylation is 1. The summed E-state index contributed by atoms with van der Waals surface area (Å²) < 4.78 is 10.5. The van der Waals surface area contributed by atoms with Crippen LogP contribution in [0.1, 0.15) is 15.9 Å². The van der Waals surface area contributed by atoms with Gasteiger partial charge in [-0.2, -0.15) is 0 Å². The molecule has 1 amide bonds. The molecule has 0 aliphatic carbocycles. The third-order valence-corrected chi connectivity index (χ3v) is 5.09. The highest BCUT2D eigenvalue weighted by Crippen LogP contribution is 2.29. The molecule has 7 nitrogen and oxygen atoms in total. The molecule has 0 aliphatic heterocycles. The second-order valence-electron chi connectivity index (χ2n) is 7.38. The van der Waals surface area contributed by atoms with Crippen molar-refractivity contribution in [2.75, 3.05) is 24.9 Å². The standard InChI is InChI=1S/C26H24N4O3/c1-17-4-6-18(7-5-17)23-15-25(28-16-27-23)29-20-10-8-19(9-11-20)26(31)30-22-13-12-21(32-2)14-24(22)33-3/h4-16H,1-3H3,(H,30,31)(H,27,28,29). The number of ether oxygens (including phenoxy) is 2. The van der Waals surface area contributed by atoms with Crippen molar-refractivity contribution in [3.8, 4) is 22.8 Å². The van der Waals surface area contributed by atoms with Crippen LogP contribution in [0.5, 0.6) is 11.5 Å². The van der Waals surface area contributed by atoms with Gasteiger partial charge in [-0.3, -0.25) is 4.79 Å². The van der Waals surface area contributed by atoms with Gasteiger partial charge in [0.2, 0.25) is 0 Å². The number of aromatic nitrogens is 2. The van der Waals surface area contributed by atoms with E-state index in [0.717, 1.165) is 16.9 Å². The van der Waals surface area contributed by atoms with Gasteiger partial charge < -0.3 is 20.1 Å². The summed E-state index contributed by atoms with van der Waals surface area (Å²) in [6, 6.07) is 22.4. The van der Waals surface area contributed by atoms with E-state index in [4.69, 9.17) is 9.47 Å². The van der Waals surface area contributed by atoms with Crippen LogP contribution in [0.15, 0.2) is 79.1 Å². The van der Waals surface area contributed by atoms with E-state index in [2.05, 4.69) is 32.7 Å². The summed E-state index contributed by atoms with van der Waals surface area (Å²) in [4.78, 5) is 21.4. The van der Waals surface area contributed by atoms with Gasteiger partial charge in [0.1, 0.15) is 23.6 Å². The lowest BCUT2D eigenvalue weighted by molar-refractivity contribution is 0.102. The molecule has 166 valence electrons. The van der Waals surface area contributed by atoms with E-state index in [0.29, 0.717) is 28.6 Å². The molecule has 0 unspecified atom stereocenters. The molecule has 0 saturated carbocycles. The van der Waals surface area contributed by atoms with Crippen LogP contribution < -0.4 is 20.1 Å².